The van der Waals surface area contributed by atoms with E-state index in [0.29, 0.717) is 12.8 Å². The number of quaternary nitrogens is 1. The standard InChI is InChI=1S/C46H81NO7/c1-6-8-10-12-14-16-18-20-21-22-23-25-26-28-30-32-34-36-44(48)53-41-42(40-52-39-38-43(46(50)51)47(3,4)5)54-45(49)37-35-33-31-29-27-24-19-17-15-13-11-9-7-2/h9,11,15,17,24,27,31,33,42-43H,6-8,10,12-14,16,18-23,25-26,28-30,32,34-41H2,1-5H3/b11-9-,17-15-,27-24-,33-31-. The number of carbonyl (C=O) groups is 3. The van der Waals surface area contributed by atoms with Gasteiger partial charge in [-0.1, -0.05) is 165 Å². The number of hydrogen-bond donors (Lipinski definition) is 0. The molecule has 0 aliphatic rings. The quantitative estimate of drug-likeness (QED) is 0.0267. The van der Waals surface area contributed by atoms with Crippen LogP contribution >= 0.6 is 0 Å². The summed E-state index contributed by atoms with van der Waals surface area (Å²) >= 11 is 0. The Balaban J connectivity index is 4.39. The largest absolute Gasteiger partial charge is 0.544 e. The minimum Gasteiger partial charge on any atom is -0.544 e. The number of nitrogens with zero attached hydrogens (tertiary/aromatic N) is 1. The average Bonchev–Trinajstić information content (AvgIpc) is 3.12. The predicted octanol–water partition coefficient (Wildman–Crippen LogP) is 10.3. The van der Waals surface area contributed by atoms with Gasteiger partial charge in [0.25, 0.3) is 0 Å². The smallest absolute Gasteiger partial charge is 0.306 e. The Bertz CT molecular complexity index is 1030. The third-order valence-corrected chi connectivity index (χ3v) is 9.49. The average molecular weight is 760 g/mol. The minimum absolute atomic E-state index is 0.0129. The lowest BCUT2D eigenvalue weighted by Crippen LogP contribution is -2.55. The number of carboxylic acids is 1. The van der Waals surface area contributed by atoms with Crippen LogP contribution in [0, 0.1) is 0 Å². The van der Waals surface area contributed by atoms with Gasteiger partial charge in [0, 0.05) is 19.3 Å². The van der Waals surface area contributed by atoms with Crippen molar-refractivity contribution in [2.75, 3.05) is 41.0 Å². The summed E-state index contributed by atoms with van der Waals surface area (Å²) in [5, 5.41) is 11.6. The Kier molecular flexibility index (Phi) is 35.4. The lowest BCUT2D eigenvalue weighted by atomic mass is 10.0. The molecule has 0 aromatic carbocycles. The number of likely N-dealkylation sites (N-methyl/N-ethyl adjacent to an activating group) is 1. The highest BCUT2D eigenvalue weighted by atomic mass is 16.6. The fourth-order valence-corrected chi connectivity index (χ4v) is 6.14. The normalized spacial score (nSPS) is 13.4. The van der Waals surface area contributed by atoms with Crippen LogP contribution in [0.3, 0.4) is 0 Å². The number of esters is 2. The Morgan fingerprint density at radius 3 is 1.50 bits per heavy atom. The summed E-state index contributed by atoms with van der Waals surface area (Å²) in [6.45, 7) is 4.47. The first-order valence-electron chi connectivity index (χ1n) is 21.7. The van der Waals surface area contributed by atoms with E-state index in [4.69, 9.17) is 14.2 Å². The van der Waals surface area contributed by atoms with Gasteiger partial charge in [-0.2, -0.15) is 0 Å². The van der Waals surface area contributed by atoms with E-state index in [1.54, 1.807) is 21.1 Å². The summed E-state index contributed by atoms with van der Waals surface area (Å²) in [5.41, 5.74) is 0. The molecular weight excluding hydrogens is 679 g/mol. The van der Waals surface area contributed by atoms with Gasteiger partial charge in [0.1, 0.15) is 12.6 Å². The van der Waals surface area contributed by atoms with Gasteiger partial charge >= 0.3 is 11.9 Å². The lowest BCUT2D eigenvalue weighted by molar-refractivity contribution is -0.889. The van der Waals surface area contributed by atoms with Crippen LogP contribution in [0.2, 0.25) is 0 Å². The van der Waals surface area contributed by atoms with Crippen molar-refractivity contribution in [1.29, 1.82) is 0 Å². The van der Waals surface area contributed by atoms with E-state index in [-0.39, 0.29) is 43.1 Å². The summed E-state index contributed by atoms with van der Waals surface area (Å²) < 4.78 is 17.1. The molecule has 0 spiro atoms. The van der Waals surface area contributed by atoms with Crippen LogP contribution in [0.4, 0.5) is 0 Å². The second-order valence-electron chi connectivity index (χ2n) is 15.6. The highest BCUT2D eigenvalue weighted by Gasteiger charge is 2.25. The van der Waals surface area contributed by atoms with E-state index in [1.807, 2.05) is 12.2 Å². The van der Waals surface area contributed by atoms with Gasteiger partial charge in [-0.15, -0.1) is 0 Å². The van der Waals surface area contributed by atoms with E-state index in [2.05, 4.69) is 50.3 Å². The van der Waals surface area contributed by atoms with Crippen molar-refractivity contribution in [2.45, 2.75) is 187 Å². The summed E-state index contributed by atoms with van der Waals surface area (Å²) in [6.07, 6.45) is 43.0. The van der Waals surface area contributed by atoms with Crippen molar-refractivity contribution in [3.8, 4) is 0 Å². The molecule has 0 bridgehead atoms. The first kappa shape index (κ1) is 51.3. The molecule has 0 fully saturated rings. The van der Waals surface area contributed by atoms with E-state index < -0.39 is 24.1 Å². The highest BCUT2D eigenvalue weighted by Crippen LogP contribution is 2.15. The summed E-state index contributed by atoms with van der Waals surface area (Å²) in [6, 6.07) is -0.737. The van der Waals surface area contributed by atoms with Crippen molar-refractivity contribution in [1.82, 2.24) is 0 Å². The lowest BCUT2D eigenvalue weighted by Gasteiger charge is -2.34. The van der Waals surface area contributed by atoms with Crippen LogP contribution in [0.25, 0.3) is 0 Å². The molecule has 0 heterocycles. The van der Waals surface area contributed by atoms with Crippen LogP contribution < -0.4 is 5.11 Å². The molecular formula is C46H81NO7. The van der Waals surface area contributed by atoms with Crippen LogP contribution in [0.1, 0.15) is 174 Å². The zero-order chi connectivity index (χ0) is 40.0. The van der Waals surface area contributed by atoms with Crippen molar-refractivity contribution in [3.05, 3.63) is 48.6 Å². The molecule has 0 aliphatic carbocycles. The fourth-order valence-electron chi connectivity index (χ4n) is 6.14. The molecule has 2 atom stereocenters. The molecule has 0 aromatic rings. The summed E-state index contributed by atoms with van der Waals surface area (Å²) in [4.78, 5) is 36.8. The number of rotatable bonds is 38. The van der Waals surface area contributed by atoms with Crippen LogP contribution in [-0.4, -0.2) is 75.5 Å². The second kappa shape index (κ2) is 37.2. The molecule has 54 heavy (non-hydrogen) atoms. The van der Waals surface area contributed by atoms with Gasteiger partial charge in [-0.05, 0) is 38.5 Å². The minimum atomic E-state index is -1.14. The maximum absolute atomic E-state index is 12.6. The molecule has 0 saturated heterocycles. The Hall–Kier alpha value is -2.71. The van der Waals surface area contributed by atoms with Gasteiger partial charge in [-0.3, -0.25) is 9.59 Å². The molecule has 0 N–H and O–H groups in total. The van der Waals surface area contributed by atoms with E-state index in [9.17, 15) is 19.5 Å². The molecule has 8 nitrogen and oxygen atoms in total. The maximum atomic E-state index is 12.6. The number of aliphatic carboxylic acids is 1. The third kappa shape index (κ3) is 35.0. The van der Waals surface area contributed by atoms with Crippen LogP contribution in [0.15, 0.2) is 48.6 Å². The number of allylic oxidation sites excluding steroid dienone is 8. The van der Waals surface area contributed by atoms with Crippen molar-refractivity contribution in [3.63, 3.8) is 0 Å². The third-order valence-electron chi connectivity index (χ3n) is 9.49. The van der Waals surface area contributed by atoms with E-state index in [0.717, 1.165) is 44.9 Å². The molecule has 8 heteroatoms. The SMILES string of the molecule is CC/C=C\C/C=C\C/C=C\C/C=C\CCC(=O)OC(COCCC(C(=O)[O-])[N+](C)(C)C)COC(=O)CCCCCCCCCCCCCCCCCCC. The molecule has 0 saturated carbocycles. The van der Waals surface area contributed by atoms with Gasteiger partial charge < -0.3 is 28.6 Å². The first-order chi connectivity index (χ1) is 26.1. The topological polar surface area (TPSA) is 102 Å². The van der Waals surface area contributed by atoms with Gasteiger partial charge in [0.2, 0.25) is 0 Å². The van der Waals surface area contributed by atoms with Crippen molar-refractivity contribution < 1.29 is 38.2 Å². The van der Waals surface area contributed by atoms with Gasteiger partial charge in [0.15, 0.2) is 6.10 Å². The van der Waals surface area contributed by atoms with E-state index in [1.165, 1.54) is 89.9 Å². The monoisotopic (exact) mass is 760 g/mol. The van der Waals surface area contributed by atoms with Gasteiger partial charge in [0.05, 0.1) is 40.3 Å². The molecule has 0 rings (SSSR count). The Labute approximate surface area is 331 Å². The predicted molar refractivity (Wildman–Crippen MR) is 222 cm³/mol. The van der Waals surface area contributed by atoms with Crippen molar-refractivity contribution in [2.24, 2.45) is 0 Å². The first-order valence-corrected chi connectivity index (χ1v) is 21.7. The zero-order valence-corrected chi connectivity index (χ0v) is 35.4. The Morgan fingerprint density at radius 1 is 0.574 bits per heavy atom. The summed E-state index contributed by atoms with van der Waals surface area (Å²) in [7, 11) is 5.38. The number of hydrogen-bond acceptors (Lipinski definition) is 7. The fraction of sp³-hybridized carbons (Fsp3) is 0.761. The number of carbonyl (C=O) groups excluding carboxylic acids is 3. The van der Waals surface area contributed by atoms with Crippen LogP contribution in [0.5, 0.6) is 0 Å². The van der Waals surface area contributed by atoms with Crippen molar-refractivity contribution >= 4 is 17.9 Å². The Morgan fingerprint density at radius 2 is 1.04 bits per heavy atom. The number of ether oxygens (including phenoxy) is 3. The molecule has 312 valence electrons. The highest BCUT2D eigenvalue weighted by molar-refractivity contribution is 5.70. The molecule has 2 unspecified atom stereocenters. The van der Waals surface area contributed by atoms with Gasteiger partial charge in [-0.25, -0.2) is 0 Å². The maximum Gasteiger partial charge on any atom is 0.306 e. The van der Waals surface area contributed by atoms with E-state index >= 15 is 0 Å². The molecule has 0 aliphatic heterocycles. The molecule has 0 aromatic heterocycles. The second-order valence-corrected chi connectivity index (χ2v) is 15.6. The number of unbranched alkanes of at least 4 members (excludes halogenated alkanes) is 16. The molecule has 0 amide bonds. The summed E-state index contributed by atoms with van der Waals surface area (Å²) in [5.74, 6) is -1.84. The number of carboxylic acid groups (broad SMARTS) is 1. The molecule has 0 radical (unpaired) electrons. The zero-order valence-electron chi connectivity index (χ0n) is 35.4. The van der Waals surface area contributed by atoms with Crippen LogP contribution in [-0.2, 0) is 28.6 Å².